The number of amides is 2. The highest BCUT2D eigenvalue weighted by atomic mass is 35.5. The van der Waals surface area contributed by atoms with Crippen molar-refractivity contribution in [1.82, 2.24) is 9.80 Å². The maximum absolute atomic E-state index is 12.9. The molecular weight excluding hydrogens is 443 g/mol. The molecule has 0 N–H and O–H groups in total. The van der Waals surface area contributed by atoms with Crippen molar-refractivity contribution in [3.05, 3.63) is 65.2 Å². The summed E-state index contributed by atoms with van der Waals surface area (Å²) in [6.07, 6.45) is -2.77. The summed E-state index contributed by atoms with van der Waals surface area (Å²) < 4.78 is 38.8. The van der Waals surface area contributed by atoms with Gasteiger partial charge >= 0.3 is 6.18 Å². The molecule has 0 saturated carbocycles. The average Bonchev–Trinajstić information content (AvgIpc) is 3.01. The van der Waals surface area contributed by atoms with Gasteiger partial charge in [-0.15, -0.1) is 12.4 Å². The normalized spacial score (nSPS) is 16.8. The Hall–Kier alpha value is -2.58. The SMILES string of the molecule is Cl.O=C1c2ccccc2C(=O)N1CCCCN1CCN(c2cccc(C(F)(F)F)c2)CC1. The van der Waals surface area contributed by atoms with Crippen LogP contribution in [0.3, 0.4) is 0 Å². The van der Waals surface area contributed by atoms with E-state index in [4.69, 9.17) is 0 Å². The zero-order valence-corrected chi connectivity index (χ0v) is 18.3. The van der Waals surface area contributed by atoms with Gasteiger partial charge in [0.25, 0.3) is 11.8 Å². The smallest absolute Gasteiger partial charge is 0.369 e. The van der Waals surface area contributed by atoms with Crippen LogP contribution in [0, 0.1) is 0 Å². The van der Waals surface area contributed by atoms with Crippen molar-refractivity contribution in [2.75, 3.05) is 44.2 Å². The number of alkyl halides is 3. The zero-order valence-electron chi connectivity index (χ0n) is 17.5. The number of imide groups is 1. The Morgan fingerprint density at radius 2 is 1.38 bits per heavy atom. The fourth-order valence-corrected chi connectivity index (χ4v) is 4.16. The molecule has 4 rings (SSSR count). The van der Waals surface area contributed by atoms with Crippen molar-refractivity contribution in [1.29, 1.82) is 0 Å². The third kappa shape index (κ3) is 5.07. The summed E-state index contributed by atoms with van der Waals surface area (Å²) in [5.74, 6) is -0.453. The summed E-state index contributed by atoms with van der Waals surface area (Å²) in [5, 5.41) is 0. The Bertz CT molecular complexity index is 940. The third-order valence-corrected chi connectivity index (χ3v) is 5.90. The Morgan fingerprint density at radius 3 is 1.97 bits per heavy atom. The molecule has 2 heterocycles. The molecule has 32 heavy (non-hydrogen) atoms. The number of piperazine rings is 1. The average molecular weight is 468 g/mol. The number of halogens is 4. The van der Waals surface area contributed by atoms with Crippen molar-refractivity contribution < 1.29 is 22.8 Å². The Labute approximate surface area is 191 Å². The van der Waals surface area contributed by atoms with Crippen LogP contribution >= 0.6 is 12.4 Å². The summed E-state index contributed by atoms with van der Waals surface area (Å²) in [5.41, 5.74) is 0.914. The predicted octanol–water partition coefficient (Wildman–Crippen LogP) is 4.33. The molecule has 2 aliphatic rings. The van der Waals surface area contributed by atoms with E-state index in [0.717, 1.165) is 38.5 Å². The first-order valence-electron chi connectivity index (χ1n) is 10.4. The number of benzene rings is 2. The summed E-state index contributed by atoms with van der Waals surface area (Å²) >= 11 is 0. The molecule has 1 saturated heterocycles. The van der Waals surface area contributed by atoms with E-state index in [0.29, 0.717) is 36.4 Å². The van der Waals surface area contributed by atoms with Gasteiger partial charge in [-0.3, -0.25) is 19.4 Å². The first-order chi connectivity index (χ1) is 14.8. The number of hydrogen-bond acceptors (Lipinski definition) is 4. The van der Waals surface area contributed by atoms with Crippen LogP contribution in [0.15, 0.2) is 48.5 Å². The number of carbonyl (C=O) groups is 2. The van der Waals surface area contributed by atoms with Crippen molar-refractivity contribution in [2.24, 2.45) is 0 Å². The second-order valence-corrected chi connectivity index (χ2v) is 7.89. The van der Waals surface area contributed by atoms with Crippen molar-refractivity contribution in [3.63, 3.8) is 0 Å². The van der Waals surface area contributed by atoms with Gasteiger partial charge in [0, 0.05) is 38.4 Å². The van der Waals surface area contributed by atoms with Gasteiger partial charge in [0.15, 0.2) is 0 Å². The van der Waals surface area contributed by atoms with E-state index in [1.807, 2.05) is 4.90 Å². The summed E-state index contributed by atoms with van der Waals surface area (Å²) in [7, 11) is 0. The number of anilines is 1. The van der Waals surface area contributed by atoms with Gasteiger partial charge in [0.1, 0.15) is 0 Å². The van der Waals surface area contributed by atoms with Crippen LogP contribution in [0.1, 0.15) is 39.1 Å². The number of unbranched alkanes of at least 4 members (excludes halogenated alkanes) is 1. The highest BCUT2D eigenvalue weighted by Gasteiger charge is 2.34. The monoisotopic (exact) mass is 467 g/mol. The second kappa shape index (κ2) is 9.92. The lowest BCUT2D eigenvalue weighted by molar-refractivity contribution is -0.137. The minimum Gasteiger partial charge on any atom is -0.369 e. The molecule has 2 aliphatic heterocycles. The summed E-state index contributed by atoms with van der Waals surface area (Å²) in [6, 6.07) is 12.3. The van der Waals surface area contributed by atoms with Gasteiger partial charge in [-0.2, -0.15) is 13.2 Å². The molecule has 5 nitrogen and oxygen atoms in total. The van der Waals surface area contributed by atoms with Gasteiger partial charge in [-0.1, -0.05) is 18.2 Å². The van der Waals surface area contributed by atoms with E-state index in [1.54, 1.807) is 30.3 Å². The molecule has 0 unspecified atom stereocenters. The lowest BCUT2D eigenvalue weighted by Crippen LogP contribution is -2.46. The van der Waals surface area contributed by atoms with Crippen LogP contribution in [0.4, 0.5) is 18.9 Å². The van der Waals surface area contributed by atoms with Crippen LogP contribution in [-0.4, -0.2) is 60.9 Å². The van der Waals surface area contributed by atoms with Gasteiger partial charge in [0.2, 0.25) is 0 Å². The molecule has 2 amide bonds. The zero-order chi connectivity index (χ0) is 22.0. The highest BCUT2D eigenvalue weighted by molar-refractivity contribution is 6.21. The van der Waals surface area contributed by atoms with Crippen LogP contribution < -0.4 is 4.90 Å². The van der Waals surface area contributed by atoms with Crippen LogP contribution in [0.25, 0.3) is 0 Å². The first kappa shape index (κ1) is 24.1. The van der Waals surface area contributed by atoms with E-state index in [-0.39, 0.29) is 24.2 Å². The van der Waals surface area contributed by atoms with Gasteiger partial charge in [0.05, 0.1) is 16.7 Å². The van der Waals surface area contributed by atoms with Crippen LogP contribution in [0.5, 0.6) is 0 Å². The topological polar surface area (TPSA) is 43.9 Å². The van der Waals surface area contributed by atoms with Crippen LogP contribution in [-0.2, 0) is 6.18 Å². The molecule has 2 aromatic carbocycles. The van der Waals surface area contributed by atoms with E-state index in [1.165, 1.54) is 17.0 Å². The maximum Gasteiger partial charge on any atom is 0.416 e. The number of fused-ring (bicyclic) bond motifs is 1. The molecule has 0 atom stereocenters. The first-order valence-corrected chi connectivity index (χ1v) is 10.4. The summed E-state index contributed by atoms with van der Waals surface area (Å²) in [4.78, 5) is 30.3. The molecule has 0 aliphatic carbocycles. The molecule has 9 heteroatoms. The third-order valence-electron chi connectivity index (χ3n) is 5.90. The van der Waals surface area contributed by atoms with E-state index in [9.17, 15) is 22.8 Å². The number of nitrogens with zero attached hydrogens (tertiary/aromatic N) is 3. The van der Waals surface area contributed by atoms with Crippen molar-refractivity contribution in [2.45, 2.75) is 19.0 Å². The van der Waals surface area contributed by atoms with E-state index >= 15 is 0 Å². The quantitative estimate of drug-likeness (QED) is 0.468. The molecule has 0 aromatic heterocycles. The molecular formula is C23H25ClF3N3O2. The molecule has 0 radical (unpaired) electrons. The predicted molar refractivity (Wildman–Crippen MR) is 118 cm³/mol. The Morgan fingerprint density at radius 1 is 0.781 bits per heavy atom. The van der Waals surface area contributed by atoms with Crippen molar-refractivity contribution >= 4 is 29.9 Å². The second-order valence-electron chi connectivity index (χ2n) is 7.89. The molecule has 0 spiro atoms. The van der Waals surface area contributed by atoms with Gasteiger partial charge in [-0.05, 0) is 49.7 Å². The maximum atomic E-state index is 12.9. The standard InChI is InChI=1S/C23H24F3N3O2.ClH/c24-23(25,26)17-6-5-7-18(16-17)28-14-12-27(13-15-28)10-3-4-11-29-21(30)19-8-1-2-9-20(19)22(29)31;/h1-2,5-9,16H,3-4,10-15H2;1H. The lowest BCUT2D eigenvalue weighted by Gasteiger charge is -2.36. The van der Waals surface area contributed by atoms with E-state index < -0.39 is 11.7 Å². The highest BCUT2D eigenvalue weighted by Crippen LogP contribution is 2.32. The molecule has 2 aromatic rings. The minimum atomic E-state index is -4.34. The minimum absolute atomic E-state index is 0. The molecule has 172 valence electrons. The van der Waals surface area contributed by atoms with E-state index in [2.05, 4.69) is 4.90 Å². The fourth-order valence-electron chi connectivity index (χ4n) is 4.16. The summed E-state index contributed by atoms with van der Waals surface area (Å²) in [6.45, 7) is 4.10. The number of carbonyl (C=O) groups excluding carboxylic acids is 2. The molecule has 1 fully saturated rings. The Kier molecular flexibility index (Phi) is 7.46. The van der Waals surface area contributed by atoms with Gasteiger partial charge in [-0.25, -0.2) is 0 Å². The molecule has 0 bridgehead atoms. The van der Waals surface area contributed by atoms with Crippen LogP contribution in [0.2, 0.25) is 0 Å². The fraction of sp³-hybridized carbons (Fsp3) is 0.391. The lowest BCUT2D eigenvalue weighted by atomic mass is 10.1. The number of hydrogen-bond donors (Lipinski definition) is 0. The Balaban J connectivity index is 0.00000289. The van der Waals surface area contributed by atoms with Crippen molar-refractivity contribution in [3.8, 4) is 0 Å². The van der Waals surface area contributed by atoms with Gasteiger partial charge < -0.3 is 4.90 Å². The number of rotatable bonds is 6. The largest absolute Gasteiger partial charge is 0.416 e.